The van der Waals surface area contributed by atoms with Crippen molar-refractivity contribution in [3.63, 3.8) is 0 Å². The third kappa shape index (κ3) is 5.09. The number of nitrogens with zero attached hydrogens (tertiary/aromatic N) is 1. The number of carbonyl (C=O) groups excluding carboxylic acids is 1. The van der Waals surface area contributed by atoms with E-state index in [1.165, 1.54) is 17.3 Å². The molecule has 1 aromatic heterocycles. The first-order chi connectivity index (χ1) is 10.8. The van der Waals surface area contributed by atoms with Gasteiger partial charge in [-0.2, -0.15) is 13.2 Å². The zero-order chi connectivity index (χ0) is 17.0. The maximum Gasteiger partial charge on any atom is 0.401 e. The molecule has 128 valence electrons. The van der Waals surface area contributed by atoms with Crippen LogP contribution in [0.5, 0.6) is 0 Å². The lowest BCUT2D eigenvalue weighted by Gasteiger charge is -2.32. The number of rotatable bonds is 4. The highest BCUT2D eigenvalue weighted by atomic mass is 19.4. The van der Waals surface area contributed by atoms with Gasteiger partial charge in [0.2, 0.25) is 0 Å². The number of pyridine rings is 1. The van der Waals surface area contributed by atoms with Crippen LogP contribution in [0.25, 0.3) is 0 Å². The van der Waals surface area contributed by atoms with Crippen molar-refractivity contribution in [1.82, 2.24) is 15.2 Å². The third-order valence-electron chi connectivity index (χ3n) is 4.04. The first-order valence-electron chi connectivity index (χ1n) is 7.51. The van der Waals surface area contributed by atoms with Crippen molar-refractivity contribution < 1.29 is 18.0 Å². The molecule has 2 N–H and O–H groups in total. The summed E-state index contributed by atoms with van der Waals surface area (Å²) < 4.78 is 37.0. The molecule has 1 saturated heterocycles. The zero-order valence-electron chi connectivity index (χ0n) is 12.9. The number of H-pyrrole nitrogens is 1. The number of aryl methyl sites for hydroxylation is 1. The molecule has 1 fully saturated rings. The topological polar surface area (TPSA) is 65.2 Å². The number of halogens is 3. The molecule has 0 spiro atoms. The number of likely N-dealkylation sites (tertiary alicyclic amines) is 1. The van der Waals surface area contributed by atoms with Crippen molar-refractivity contribution in [2.24, 2.45) is 5.92 Å². The van der Waals surface area contributed by atoms with Gasteiger partial charge in [0.1, 0.15) is 5.56 Å². The maximum atomic E-state index is 12.3. The van der Waals surface area contributed by atoms with Gasteiger partial charge < -0.3 is 10.3 Å². The number of hydrogen-bond acceptors (Lipinski definition) is 3. The molecule has 1 amide bonds. The van der Waals surface area contributed by atoms with E-state index in [4.69, 9.17) is 0 Å². The molecule has 2 heterocycles. The molecule has 2 rings (SSSR count). The molecule has 0 bridgehead atoms. The molecule has 0 unspecified atom stereocenters. The first-order valence-corrected chi connectivity index (χ1v) is 7.51. The summed E-state index contributed by atoms with van der Waals surface area (Å²) in [5.41, 5.74) is 0.193. The highest BCUT2D eigenvalue weighted by Crippen LogP contribution is 2.22. The lowest BCUT2D eigenvalue weighted by Crippen LogP contribution is -2.42. The fourth-order valence-electron chi connectivity index (χ4n) is 2.70. The molecule has 0 aliphatic carbocycles. The fourth-order valence-corrected chi connectivity index (χ4v) is 2.70. The number of amides is 1. The summed E-state index contributed by atoms with van der Waals surface area (Å²) in [5.74, 6) is -0.319. The van der Waals surface area contributed by atoms with Crippen molar-refractivity contribution in [2.45, 2.75) is 25.9 Å². The lowest BCUT2D eigenvalue weighted by atomic mass is 9.96. The highest BCUT2D eigenvalue weighted by Gasteiger charge is 2.32. The van der Waals surface area contributed by atoms with Gasteiger partial charge in [-0.05, 0) is 38.8 Å². The number of carbonyl (C=O) groups is 1. The standard InChI is InChI=1S/C15H20F3N3O2/c1-10-6-19-8-12(13(10)22)14(23)20-7-11-2-4-21(5-3-11)9-15(16,17)18/h6,8,11H,2-5,7,9H2,1H3,(H,19,22)(H,20,23). The first kappa shape index (κ1) is 17.5. The maximum absolute atomic E-state index is 12.3. The second-order valence-electron chi connectivity index (χ2n) is 5.93. The Kier molecular flexibility index (Phi) is 5.46. The predicted molar refractivity (Wildman–Crippen MR) is 79.4 cm³/mol. The average Bonchev–Trinajstić information content (AvgIpc) is 2.47. The van der Waals surface area contributed by atoms with Crippen molar-refractivity contribution in [3.05, 3.63) is 33.7 Å². The van der Waals surface area contributed by atoms with Crippen LogP contribution in [0.15, 0.2) is 17.2 Å². The minimum Gasteiger partial charge on any atom is -0.366 e. The van der Waals surface area contributed by atoms with Crippen LogP contribution in [-0.2, 0) is 0 Å². The minimum absolute atomic E-state index is 0.0551. The average molecular weight is 331 g/mol. The van der Waals surface area contributed by atoms with Crippen LogP contribution < -0.4 is 10.7 Å². The van der Waals surface area contributed by atoms with Gasteiger partial charge in [-0.3, -0.25) is 14.5 Å². The summed E-state index contributed by atoms with van der Waals surface area (Å²) in [6.45, 7) is 1.83. The van der Waals surface area contributed by atoms with Crippen LogP contribution in [0.4, 0.5) is 13.2 Å². The van der Waals surface area contributed by atoms with Gasteiger partial charge in [-0.25, -0.2) is 0 Å². The van der Waals surface area contributed by atoms with Gasteiger partial charge in [0.15, 0.2) is 5.43 Å². The Morgan fingerprint density at radius 3 is 2.61 bits per heavy atom. The quantitative estimate of drug-likeness (QED) is 0.882. The van der Waals surface area contributed by atoms with E-state index in [0.29, 0.717) is 38.0 Å². The van der Waals surface area contributed by atoms with E-state index in [-0.39, 0.29) is 16.9 Å². The summed E-state index contributed by atoms with van der Waals surface area (Å²) in [5, 5.41) is 2.70. The van der Waals surface area contributed by atoms with E-state index < -0.39 is 18.6 Å². The Hall–Kier alpha value is -1.83. The Balaban J connectivity index is 1.80. The van der Waals surface area contributed by atoms with Gasteiger partial charge >= 0.3 is 6.18 Å². The smallest absolute Gasteiger partial charge is 0.366 e. The van der Waals surface area contributed by atoms with Crippen molar-refractivity contribution >= 4 is 5.91 Å². The Morgan fingerprint density at radius 2 is 2.00 bits per heavy atom. The van der Waals surface area contributed by atoms with Crippen LogP contribution in [-0.4, -0.2) is 48.1 Å². The lowest BCUT2D eigenvalue weighted by molar-refractivity contribution is -0.148. The molecular formula is C15H20F3N3O2. The molecule has 0 atom stereocenters. The predicted octanol–water partition coefficient (Wildman–Crippen LogP) is 1.69. The van der Waals surface area contributed by atoms with E-state index in [0.717, 1.165) is 0 Å². The normalized spacial score (nSPS) is 17.2. The molecule has 1 aromatic rings. The summed E-state index contributed by atoms with van der Waals surface area (Å²) in [4.78, 5) is 28.0. The monoisotopic (exact) mass is 331 g/mol. The largest absolute Gasteiger partial charge is 0.401 e. The van der Waals surface area contributed by atoms with Gasteiger partial charge in [0, 0.05) is 24.5 Å². The second kappa shape index (κ2) is 7.16. The summed E-state index contributed by atoms with van der Waals surface area (Å²) in [7, 11) is 0. The second-order valence-corrected chi connectivity index (χ2v) is 5.93. The van der Waals surface area contributed by atoms with Crippen molar-refractivity contribution in [3.8, 4) is 0 Å². The van der Waals surface area contributed by atoms with E-state index >= 15 is 0 Å². The van der Waals surface area contributed by atoms with Crippen LogP contribution >= 0.6 is 0 Å². The molecular weight excluding hydrogens is 311 g/mol. The fraction of sp³-hybridized carbons (Fsp3) is 0.600. The highest BCUT2D eigenvalue weighted by molar-refractivity contribution is 5.93. The molecule has 1 aliphatic rings. The SMILES string of the molecule is Cc1c[nH]cc(C(=O)NCC2CCN(CC(F)(F)F)CC2)c1=O. The summed E-state index contributed by atoms with van der Waals surface area (Å²) in [6, 6.07) is 0. The third-order valence-corrected chi connectivity index (χ3v) is 4.04. The van der Waals surface area contributed by atoms with Crippen LogP contribution in [0.2, 0.25) is 0 Å². The molecule has 0 radical (unpaired) electrons. The van der Waals surface area contributed by atoms with Gasteiger partial charge in [-0.15, -0.1) is 0 Å². The number of aromatic nitrogens is 1. The van der Waals surface area contributed by atoms with Crippen molar-refractivity contribution in [2.75, 3.05) is 26.2 Å². The molecule has 0 aromatic carbocycles. The molecule has 1 aliphatic heterocycles. The van der Waals surface area contributed by atoms with Crippen LogP contribution in [0, 0.1) is 12.8 Å². The molecule has 8 heteroatoms. The summed E-state index contributed by atoms with van der Waals surface area (Å²) >= 11 is 0. The Bertz CT molecular complexity index is 605. The van der Waals surface area contributed by atoms with Crippen molar-refractivity contribution in [1.29, 1.82) is 0 Å². The number of aromatic amines is 1. The van der Waals surface area contributed by atoms with E-state index in [2.05, 4.69) is 10.3 Å². The van der Waals surface area contributed by atoms with Gasteiger partial charge in [0.05, 0.1) is 6.54 Å². The Morgan fingerprint density at radius 1 is 1.35 bits per heavy atom. The Labute approximate surface area is 131 Å². The molecule has 5 nitrogen and oxygen atoms in total. The number of hydrogen-bond donors (Lipinski definition) is 2. The van der Waals surface area contributed by atoms with E-state index in [9.17, 15) is 22.8 Å². The summed E-state index contributed by atoms with van der Waals surface area (Å²) in [6.07, 6.45) is -0.0968. The number of piperidine rings is 1. The van der Waals surface area contributed by atoms with E-state index in [1.807, 2.05) is 0 Å². The van der Waals surface area contributed by atoms with Crippen LogP contribution in [0.1, 0.15) is 28.8 Å². The number of nitrogens with one attached hydrogen (secondary N) is 2. The van der Waals surface area contributed by atoms with E-state index in [1.54, 1.807) is 6.92 Å². The molecule has 23 heavy (non-hydrogen) atoms. The molecule has 0 saturated carbocycles. The number of alkyl halides is 3. The zero-order valence-corrected chi connectivity index (χ0v) is 12.9. The minimum atomic E-state index is -4.17. The van der Waals surface area contributed by atoms with Crippen LogP contribution in [0.3, 0.4) is 0 Å². The van der Waals surface area contributed by atoms with Gasteiger partial charge in [-0.1, -0.05) is 0 Å². The van der Waals surface area contributed by atoms with Gasteiger partial charge in [0.25, 0.3) is 5.91 Å².